The van der Waals surface area contributed by atoms with Crippen LogP contribution in [0.5, 0.6) is 0 Å². The van der Waals surface area contributed by atoms with Crippen LogP contribution in [0, 0.1) is 5.41 Å². The quantitative estimate of drug-likeness (QED) is 0.906. The van der Waals surface area contributed by atoms with Crippen LogP contribution >= 0.6 is 0 Å². The number of amides is 1. The van der Waals surface area contributed by atoms with E-state index in [-0.39, 0.29) is 5.91 Å². The van der Waals surface area contributed by atoms with Gasteiger partial charge in [0, 0.05) is 25.2 Å². The van der Waals surface area contributed by atoms with Crippen LogP contribution in [0.4, 0.5) is 0 Å². The molecule has 3 nitrogen and oxygen atoms in total. The summed E-state index contributed by atoms with van der Waals surface area (Å²) in [6.07, 6.45) is 4.44. The van der Waals surface area contributed by atoms with E-state index in [1.54, 1.807) is 0 Å². The molecular formula is C18H26N2O. The first kappa shape index (κ1) is 14.6. The summed E-state index contributed by atoms with van der Waals surface area (Å²) in [6, 6.07) is 6.18. The number of fused-ring (bicyclic) bond motifs is 1. The maximum absolute atomic E-state index is 12.9. The molecule has 0 atom stereocenters. The van der Waals surface area contributed by atoms with Crippen molar-refractivity contribution in [3.63, 3.8) is 0 Å². The maximum Gasteiger partial charge on any atom is 0.254 e. The van der Waals surface area contributed by atoms with E-state index in [0.29, 0.717) is 5.41 Å². The standard InChI is InChI=1S/C18H26N2O/c1-3-18(2)8-11-20(12-9-18)17(21)16-6-4-5-14-13-19-10-7-15(14)16/h4-6,19H,3,7-13H2,1-2H3. The fourth-order valence-electron chi connectivity index (χ4n) is 3.51. The Balaban J connectivity index is 1.78. The minimum absolute atomic E-state index is 0.243. The van der Waals surface area contributed by atoms with E-state index in [4.69, 9.17) is 0 Å². The molecule has 1 aromatic rings. The first-order chi connectivity index (χ1) is 10.1. The van der Waals surface area contributed by atoms with Gasteiger partial charge in [0.25, 0.3) is 5.91 Å². The largest absolute Gasteiger partial charge is 0.339 e. The lowest BCUT2D eigenvalue weighted by Gasteiger charge is -2.39. The van der Waals surface area contributed by atoms with E-state index in [9.17, 15) is 4.79 Å². The van der Waals surface area contributed by atoms with Gasteiger partial charge in [-0.25, -0.2) is 0 Å². The molecule has 2 aliphatic heterocycles. The van der Waals surface area contributed by atoms with Crippen LogP contribution in [0.15, 0.2) is 18.2 Å². The highest BCUT2D eigenvalue weighted by Gasteiger charge is 2.31. The molecule has 3 rings (SSSR count). The highest BCUT2D eigenvalue weighted by molar-refractivity contribution is 5.96. The molecule has 0 unspecified atom stereocenters. The average molecular weight is 286 g/mol. The van der Waals surface area contributed by atoms with Crippen molar-refractivity contribution >= 4 is 5.91 Å². The van der Waals surface area contributed by atoms with E-state index >= 15 is 0 Å². The zero-order valence-electron chi connectivity index (χ0n) is 13.2. The van der Waals surface area contributed by atoms with Crippen molar-refractivity contribution in [1.82, 2.24) is 10.2 Å². The number of hydrogen-bond donors (Lipinski definition) is 1. The summed E-state index contributed by atoms with van der Waals surface area (Å²) < 4.78 is 0. The number of carbonyl (C=O) groups is 1. The summed E-state index contributed by atoms with van der Waals surface area (Å²) in [5.74, 6) is 0.243. The molecule has 1 saturated heterocycles. The molecule has 0 aromatic heterocycles. The second kappa shape index (κ2) is 5.80. The van der Waals surface area contributed by atoms with Crippen LogP contribution < -0.4 is 5.32 Å². The third-order valence-corrected chi connectivity index (χ3v) is 5.48. The van der Waals surface area contributed by atoms with Gasteiger partial charge in [0.2, 0.25) is 0 Å². The van der Waals surface area contributed by atoms with Gasteiger partial charge in [0.1, 0.15) is 0 Å². The number of hydrogen-bond acceptors (Lipinski definition) is 2. The number of benzene rings is 1. The van der Waals surface area contributed by atoms with Crippen LogP contribution in [0.25, 0.3) is 0 Å². The lowest BCUT2D eigenvalue weighted by atomic mass is 9.78. The van der Waals surface area contributed by atoms with Crippen LogP contribution in [0.2, 0.25) is 0 Å². The Morgan fingerprint density at radius 1 is 1.33 bits per heavy atom. The van der Waals surface area contributed by atoms with Gasteiger partial charge in [0.15, 0.2) is 0 Å². The van der Waals surface area contributed by atoms with Crippen molar-refractivity contribution in [3.05, 3.63) is 34.9 Å². The molecule has 1 aromatic carbocycles. The Morgan fingerprint density at radius 3 is 2.81 bits per heavy atom. The molecule has 0 saturated carbocycles. The molecule has 2 aliphatic rings. The molecule has 1 fully saturated rings. The number of likely N-dealkylation sites (tertiary alicyclic amines) is 1. The lowest BCUT2D eigenvalue weighted by molar-refractivity contribution is 0.0599. The lowest BCUT2D eigenvalue weighted by Crippen LogP contribution is -2.42. The summed E-state index contributed by atoms with van der Waals surface area (Å²) in [4.78, 5) is 14.9. The van der Waals surface area contributed by atoms with E-state index in [2.05, 4.69) is 30.1 Å². The Morgan fingerprint density at radius 2 is 2.10 bits per heavy atom. The van der Waals surface area contributed by atoms with Crippen LogP contribution in [-0.2, 0) is 13.0 Å². The molecule has 1 amide bonds. The summed E-state index contributed by atoms with van der Waals surface area (Å²) in [5, 5.41) is 3.38. The number of piperidine rings is 1. The van der Waals surface area contributed by atoms with Gasteiger partial charge in [-0.1, -0.05) is 32.4 Å². The van der Waals surface area contributed by atoms with Crippen LogP contribution in [0.3, 0.4) is 0 Å². The Hall–Kier alpha value is -1.35. The van der Waals surface area contributed by atoms with Gasteiger partial charge in [-0.2, -0.15) is 0 Å². The van der Waals surface area contributed by atoms with Gasteiger partial charge in [-0.05, 0) is 48.4 Å². The molecule has 0 bridgehead atoms. The first-order valence-corrected chi connectivity index (χ1v) is 8.24. The normalized spacial score (nSPS) is 21.0. The first-order valence-electron chi connectivity index (χ1n) is 8.24. The Labute approximate surface area is 127 Å². The molecule has 2 heterocycles. The molecule has 0 radical (unpaired) electrons. The van der Waals surface area contributed by atoms with E-state index in [0.717, 1.165) is 51.0 Å². The number of rotatable bonds is 2. The number of nitrogens with one attached hydrogen (secondary N) is 1. The Kier molecular flexibility index (Phi) is 4.03. The second-order valence-electron chi connectivity index (χ2n) is 6.83. The Bertz CT molecular complexity index is 530. The zero-order valence-corrected chi connectivity index (χ0v) is 13.2. The van der Waals surface area contributed by atoms with E-state index < -0.39 is 0 Å². The minimum atomic E-state index is 0.243. The maximum atomic E-state index is 12.9. The van der Waals surface area contributed by atoms with Gasteiger partial charge in [-0.15, -0.1) is 0 Å². The van der Waals surface area contributed by atoms with Gasteiger partial charge in [0.05, 0.1) is 0 Å². The molecule has 21 heavy (non-hydrogen) atoms. The highest BCUT2D eigenvalue weighted by Crippen LogP contribution is 2.34. The smallest absolute Gasteiger partial charge is 0.254 e. The zero-order chi connectivity index (χ0) is 14.9. The molecule has 1 N–H and O–H groups in total. The van der Waals surface area contributed by atoms with Gasteiger partial charge in [-0.3, -0.25) is 4.79 Å². The van der Waals surface area contributed by atoms with Crippen molar-refractivity contribution < 1.29 is 4.79 Å². The topological polar surface area (TPSA) is 32.3 Å². The molecule has 0 aliphatic carbocycles. The van der Waals surface area contributed by atoms with E-state index in [1.165, 1.54) is 17.5 Å². The number of nitrogens with zero attached hydrogens (tertiary/aromatic N) is 1. The van der Waals surface area contributed by atoms with Crippen LogP contribution in [0.1, 0.15) is 54.6 Å². The van der Waals surface area contributed by atoms with Crippen molar-refractivity contribution in [2.75, 3.05) is 19.6 Å². The average Bonchev–Trinajstić information content (AvgIpc) is 2.54. The third-order valence-electron chi connectivity index (χ3n) is 5.48. The van der Waals surface area contributed by atoms with Gasteiger partial charge >= 0.3 is 0 Å². The molecule has 0 spiro atoms. The van der Waals surface area contributed by atoms with Crippen LogP contribution in [-0.4, -0.2) is 30.4 Å². The fraction of sp³-hybridized carbons (Fsp3) is 0.611. The molecule has 114 valence electrons. The second-order valence-corrected chi connectivity index (χ2v) is 6.83. The van der Waals surface area contributed by atoms with Crippen molar-refractivity contribution in [3.8, 4) is 0 Å². The fourth-order valence-corrected chi connectivity index (χ4v) is 3.51. The van der Waals surface area contributed by atoms with Crippen molar-refractivity contribution in [2.24, 2.45) is 5.41 Å². The van der Waals surface area contributed by atoms with E-state index in [1.807, 2.05) is 12.1 Å². The molecular weight excluding hydrogens is 260 g/mol. The summed E-state index contributed by atoms with van der Waals surface area (Å²) in [5.41, 5.74) is 3.93. The highest BCUT2D eigenvalue weighted by atomic mass is 16.2. The van der Waals surface area contributed by atoms with Crippen molar-refractivity contribution in [2.45, 2.75) is 46.1 Å². The SMILES string of the molecule is CCC1(C)CCN(C(=O)c2cccc3c2CCNC3)CC1. The number of carbonyl (C=O) groups excluding carboxylic acids is 1. The van der Waals surface area contributed by atoms with Crippen molar-refractivity contribution in [1.29, 1.82) is 0 Å². The molecule has 3 heteroatoms. The predicted octanol–water partition coefficient (Wildman–Crippen LogP) is 2.98. The summed E-state index contributed by atoms with van der Waals surface area (Å²) in [6.45, 7) is 8.30. The predicted molar refractivity (Wildman–Crippen MR) is 85.4 cm³/mol. The third kappa shape index (κ3) is 2.84. The van der Waals surface area contributed by atoms with Gasteiger partial charge < -0.3 is 10.2 Å². The monoisotopic (exact) mass is 286 g/mol. The summed E-state index contributed by atoms with van der Waals surface area (Å²) in [7, 11) is 0. The minimum Gasteiger partial charge on any atom is -0.339 e. The summed E-state index contributed by atoms with van der Waals surface area (Å²) >= 11 is 0.